The molecule has 1 N–H and O–H groups in total. The van der Waals surface area contributed by atoms with E-state index in [0.29, 0.717) is 24.6 Å². The number of nitrogens with zero attached hydrogens (tertiary/aromatic N) is 1. The third-order valence-electron chi connectivity index (χ3n) is 3.93. The Bertz CT molecular complexity index is 747. The summed E-state index contributed by atoms with van der Waals surface area (Å²) in [6.45, 7) is 2.54. The van der Waals surface area contributed by atoms with Crippen LogP contribution in [-0.2, 0) is 11.0 Å². The monoisotopic (exact) mass is 370 g/mol. The fourth-order valence-corrected chi connectivity index (χ4v) is 3.42. The van der Waals surface area contributed by atoms with Gasteiger partial charge in [0.1, 0.15) is 12.4 Å². The van der Waals surface area contributed by atoms with Crippen molar-refractivity contribution in [1.82, 2.24) is 5.32 Å². The van der Waals surface area contributed by atoms with E-state index in [4.69, 9.17) is 4.74 Å². The summed E-state index contributed by atoms with van der Waals surface area (Å²) in [5, 5.41) is 4.80. The summed E-state index contributed by atoms with van der Waals surface area (Å²) in [5.74, 6) is 0.115. The van der Waals surface area contributed by atoms with Gasteiger partial charge in [-0.15, -0.1) is 11.3 Å². The number of anilines is 1. The lowest BCUT2D eigenvalue weighted by Crippen LogP contribution is -2.42. The number of carbonyl (C=O) groups is 1. The van der Waals surface area contributed by atoms with E-state index >= 15 is 0 Å². The minimum absolute atomic E-state index is 0.0205. The molecule has 0 saturated carbocycles. The number of alkyl halides is 3. The number of benzene rings is 1. The van der Waals surface area contributed by atoms with E-state index in [1.165, 1.54) is 17.4 Å². The zero-order valence-corrected chi connectivity index (χ0v) is 14.3. The van der Waals surface area contributed by atoms with Gasteiger partial charge in [0.25, 0.3) is 0 Å². The molecule has 0 radical (unpaired) electrons. The van der Waals surface area contributed by atoms with Crippen molar-refractivity contribution in [2.75, 3.05) is 24.6 Å². The van der Waals surface area contributed by atoms with Gasteiger partial charge in [-0.2, -0.15) is 13.2 Å². The second kappa shape index (κ2) is 6.95. The van der Waals surface area contributed by atoms with E-state index in [2.05, 4.69) is 5.32 Å². The number of halogens is 3. The SMILES string of the molecule is CC(NC(=O)CN1CCOc2ccc(C(F)(F)F)cc21)c1cccs1. The number of rotatable bonds is 4. The fourth-order valence-electron chi connectivity index (χ4n) is 2.68. The molecule has 1 aliphatic rings. The Morgan fingerprint density at radius 2 is 2.20 bits per heavy atom. The van der Waals surface area contributed by atoms with E-state index in [1.54, 1.807) is 4.90 Å². The topological polar surface area (TPSA) is 41.6 Å². The molecule has 25 heavy (non-hydrogen) atoms. The highest BCUT2D eigenvalue weighted by molar-refractivity contribution is 7.10. The highest BCUT2D eigenvalue weighted by Crippen LogP contribution is 2.38. The number of hydrogen-bond donors (Lipinski definition) is 1. The number of nitrogens with one attached hydrogen (secondary N) is 1. The zero-order valence-electron chi connectivity index (χ0n) is 13.5. The average Bonchev–Trinajstić information content (AvgIpc) is 3.08. The number of hydrogen-bond acceptors (Lipinski definition) is 4. The van der Waals surface area contributed by atoms with Gasteiger partial charge in [-0.3, -0.25) is 4.79 Å². The summed E-state index contributed by atoms with van der Waals surface area (Å²) < 4.78 is 44.2. The third kappa shape index (κ3) is 4.07. The Morgan fingerprint density at radius 3 is 2.88 bits per heavy atom. The average molecular weight is 370 g/mol. The summed E-state index contributed by atoms with van der Waals surface area (Å²) in [6.07, 6.45) is -4.44. The van der Waals surface area contributed by atoms with Crippen molar-refractivity contribution in [1.29, 1.82) is 0 Å². The van der Waals surface area contributed by atoms with Gasteiger partial charge in [0.15, 0.2) is 0 Å². The van der Waals surface area contributed by atoms with Crippen LogP contribution in [0.2, 0.25) is 0 Å². The van der Waals surface area contributed by atoms with Crippen LogP contribution >= 0.6 is 11.3 Å². The van der Waals surface area contributed by atoms with Crippen molar-refractivity contribution in [3.63, 3.8) is 0 Å². The number of carbonyl (C=O) groups excluding carboxylic acids is 1. The molecule has 134 valence electrons. The minimum Gasteiger partial charge on any atom is -0.490 e. The number of thiophene rings is 1. The molecule has 0 saturated heterocycles. The highest BCUT2D eigenvalue weighted by Gasteiger charge is 2.33. The molecule has 0 spiro atoms. The smallest absolute Gasteiger partial charge is 0.416 e. The van der Waals surface area contributed by atoms with Gasteiger partial charge < -0.3 is 15.0 Å². The highest BCUT2D eigenvalue weighted by atomic mass is 32.1. The Labute approximate surface area is 147 Å². The van der Waals surface area contributed by atoms with E-state index in [1.807, 2.05) is 24.4 Å². The van der Waals surface area contributed by atoms with Crippen LogP contribution < -0.4 is 15.0 Å². The molecule has 1 aromatic heterocycles. The first kappa shape index (κ1) is 17.6. The summed E-state index contributed by atoms with van der Waals surface area (Å²) in [5.41, 5.74) is -0.464. The number of amides is 1. The molecule has 1 aromatic carbocycles. The zero-order chi connectivity index (χ0) is 18.0. The molecule has 0 fully saturated rings. The minimum atomic E-state index is -4.44. The summed E-state index contributed by atoms with van der Waals surface area (Å²) >= 11 is 1.54. The van der Waals surface area contributed by atoms with E-state index < -0.39 is 11.7 Å². The van der Waals surface area contributed by atoms with Crippen molar-refractivity contribution in [3.05, 3.63) is 46.2 Å². The van der Waals surface area contributed by atoms with Crippen molar-refractivity contribution in [2.24, 2.45) is 0 Å². The molecule has 0 aliphatic carbocycles. The number of fused-ring (bicyclic) bond motifs is 1. The maximum Gasteiger partial charge on any atom is 0.416 e. The Balaban J connectivity index is 1.73. The Kier molecular flexibility index (Phi) is 4.89. The van der Waals surface area contributed by atoms with E-state index in [9.17, 15) is 18.0 Å². The van der Waals surface area contributed by atoms with Crippen molar-refractivity contribution >= 4 is 22.9 Å². The van der Waals surface area contributed by atoms with Crippen LogP contribution in [-0.4, -0.2) is 25.6 Å². The molecule has 1 unspecified atom stereocenters. The largest absolute Gasteiger partial charge is 0.490 e. The van der Waals surface area contributed by atoms with Crippen LogP contribution in [0.3, 0.4) is 0 Å². The van der Waals surface area contributed by atoms with Gasteiger partial charge >= 0.3 is 6.18 Å². The van der Waals surface area contributed by atoms with Gasteiger partial charge in [-0.05, 0) is 36.6 Å². The van der Waals surface area contributed by atoms with Crippen molar-refractivity contribution in [2.45, 2.75) is 19.1 Å². The lowest BCUT2D eigenvalue weighted by Gasteiger charge is -2.31. The standard InChI is InChI=1S/C17H17F3N2O2S/c1-11(15-3-2-8-25-15)21-16(23)10-22-6-7-24-14-5-4-12(9-13(14)22)17(18,19)20/h2-5,8-9,11H,6-7,10H2,1H3,(H,21,23). The molecular formula is C17H17F3N2O2S. The Hall–Kier alpha value is -2.22. The fraction of sp³-hybridized carbons (Fsp3) is 0.353. The van der Waals surface area contributed by atoms with Crippen LogP contribution in [0.15, 0.2) is 35.7 Å². The second-order valence-corrected chi connectivity index (χ2v) is 6.73. The van der Waals surface area contributed by atoms with Crippen LogP contribution in [0.5, 0.6) is 5.75 Å². The predicted molar refractivity (Wildman–Crippen MR) is 90.0 cm³/mol. The molecule has 1 atom stereocenters. The van der Waals surface area contributed by atoms with Crippen molar-refractivity contribution < 1.29 is 22.7 Å². The lowest BCUT2D eigenvalue weighted by molar-refractivity contribution is -0.137. The normalized spacial score (nSPS) is 15.3. The van der Waals surface area contributed by atoms with Crippen LogP contribution in [0.4, 0.5) is 18.9 Å². The molecule has 4 nitrogen and oxygen atoms in total. The summed E-state index contributed by atoms with van der Waals surface area (Å²) in [4.78, 5) is 14.9. The van der Waals surface area contributed by atoms with E-state index in [-0.39, 0.29) is 18.5 Å². The maximum absolute atomic E-state index is 12.9. The maximum atomic E-state index is 12.9. The van der Waals surface area contributed by atoms with Crippen LogP contribution in [0.1, 0.15) is 23.4 Å². The van der Waals surface area contributed by atoms with Crippen LogP contribution in [0, 0.1) is 0 Å². The molecular weight excluding hydrogens is 353 g/mol. The van der Waals surface area contributed by atoms with Gasteiger partial charge in [0.05, 0.1) is 30.4 Å². The Morgan fingerprint density at radius 1 is 1.40 bits per heavy atom. The van der Waals surface area contributed by atoms with Crippen molar-refractivity contribution in [3.8, 4) is 5.75 Å². The molecule has 0 bridgehead atoms. The van der Waals surface area contributed by atoms with E-state index in [0.717, 1.165) is 17.0 Å². The molecule has 3 rings (SSSR count). The van der Waals surface area contributed by atoms with Gasteiger partial charge in [-0.25, -0.2) is 0 Å². The molecule has 2 aromatic rings. The first-order valence-electron chi connectivity index (χ1n) is 7.76. The predicted octanol–water partition coefficient (Wildman–Crippen LogP) is 3.84. The first-order valence-corrected chi connectivity index (χ1v) is 8.64. The summed E-state index contributed by atoms with van der Waals surface area (Å²) in [7, 11) is 0. The summed E-state index contributed by atoms with van der Waals surface area (Å²) in [6, 6.07) is 7.01. The molecule has 1 aliphatic heterocycles. The first-order chi connectivity index (χ1) is 11.8. The second-order valence-electron chi connectivity index (χ2n) is 5.75. The molecule has 2 heterocycles. The lowest BCUT2D eigenvalue weighted by atomic mass is 10.1. The molecule has 1 amide bonds. The van der Waals surface area contributed by atoms with Crippen LogP contribution in [0.25, 0.3) is 0 Å². The third-order valence-corrected chi connectivity index (χ3v) is 4.98. The number of ether oxygens (including phenoxy) is 1. The van der Waals surface area contributed by atoms with Gasteiger partial charge in [0.2, 0.25) is 5.91 Å². The molecule has 8 heteroatoms. The van der Waals surface area contributed by atoms with Gasteiger partial charge in [-0.1, -0.05) is 6.07 Å². The van der Waals surface area contributed by atoms with Gasteiger partial charge in [0, 0.05) is 4.88 Å². The quantitative estimate of drug-likeness (QED) is 0.889.